The van der Waals surface area contributed by atoms with Crippen molar-refractivity contribution in [3.63, 3.8) is 0 Å². The third kappa shape index (κ3) is 36.6. The molecule has 0 aliphatic carbocycles. The van der Waals surface area contributed by atoms with Crippen LogP contribution in [0, 0.1) is 0 Å². The van der Waals surface area contributed by atoms with Crippen molar-refractivity contribution in [2.75, 3.05) is 13.2 Å². The molecule has 404 valence electrons. The number of carbonyl (C=O) groups excluding carboxylic acids is 1. The molecule has 0 bridgehead atoms. The number of aliphatic hydroxyl groups is 5. The van der Waals surface area contributed by atoms with Gasteiger partial charge in [0.2, 0.25) is 5.91 Å². The SMILES string of the molecule is CCCCCCCCCC/C=C/CC/C=C/CC/C=C/C(O)C(COC1OC(CO)C(O)C(OS(=O)(=O)O)C1O)NC(=O)C(O)CCCCCCCC/C=C\CCCCCCCCCCCCCC. The van der Waals surface area contributed by atoms with Crippen LogP contribution in [0.15, 0.2) is 48.6 Å². The quantitative estimate of drug-likeness (QED) is 0.0172. The molecule has 0 aromatic carbocycles. The topological polar surface area (TPSA) is 212 Å². The van der Waals surface area contributed by atoms with Crippen LogP contribution in [0.1, 0.15) is 232 Å². The van der Waals surface area contributed by atoms with Gasteiger partial charge in [0, 0.05) is 0 Å². The first-order chi connectivity index (χ1) is 33.4. The molecule has 1 aliphatic rings. The molecule has 0 saturated carbocycles. The summed E-state index contributed by atoms with van der Waals surface area (Å²) in [5.74, 6) is -0.720. The Balaban J connectivity index is 2.50. The van der Waals surface area contributed by atoms with Crippen LogP contribution in [-0.2, 0) is 28.9 Å². The average Bonchev–Trinajstić information content (AvgIpc) is 3.32. The minimum absolute atomic E-state index is 0.226. The first kappa shape index (κ1) is 65.0. The summed E-state index contributed by atoms with van der Waals surface area (Å²) in [4.78, 5) is 13.2. The smallest absolute Gasteiger partial charge is 0.394 e. The summed E-state index contributed by atoms with van der Waals surface area (Å²) in [5.41, 5.74) is 0. The Hall–Kier alpha value is -1.98. The number of ether oxygens (including phenoxy) is 2. The lowest BCUT2D eigenvalue weighted by atomic mass is 9.99. The number of allylic oxidation sites excluding steroid dienone is 7. The van der Waals surface area contributed by atoms with Crippen molar-refractivity contribution in [3.8, 4) is 0 Å². The van der Waals surface area contributed by atoms with E-state index < -0.39 is 78.5 Å². The fourth-order valence-electron chi connectivity index (χ4n) is 8.55. The molecular weight excluding hydrogens is 899 g/mol. The Morgan fingerprint density at radius 2 is 0.971 bits per heavy atom. The van der Waals surface area contributed by atoms with E-state index in [4.69, 9.17) is 9.47 Å². The summed E-state index contributed by atoms with van der Waals surface area (Å²) in [7, 11) is -5.13. The molecule has 1 aliphatic heterocycles. The van der Waals surface area contributed by atoms with Gasteiger partial charge in [-0.15, -0.1) is 0 Å². The van der Waals surface area contributed by atoms with Crippen LogP contribution in [0.25, 0.3) is 0 Å². The summed E-state index contributed by atoms with van der Waals surface area (Å²) in [6, 6.07) is -1.15. The van der Waals surface area contributed by atoms with E-state index in [-0.39, 0.29) is 6.42 Å². The minimum Gasteiger partial charge on any atom is -0.394 e. The summed E-state index contributed by atoms with van der Waals surface area (Å²) in [5, 5.41) is 55.4. The predicted molar refractivity (Wildman–Crippen MR) is 279 cm³/mol. The van der Waals surface area contributed by atoms with Crippen molar-refractivity contribution in [2.24, 2.45) is 0 Å². The third-order valence-electron chi connectivity index (χ3n) is 12.9. The molecule has 8 atom stereocenters. The zero-order chi connectivity index (χ0) is 50.6. The van der Waals surface area contributed by atoms with Crippen LogP contribution >= 0.6 is 0 Å². The van der Waals surface area contributed by atoms with E-state index in [9.17, 15) is 43.3 Å². The van der Waals surface area contributed by atoms with Gasteiger partial charge in [-0.25, -0.2) is 4.18 Å². The minimum atomic E-state index is -5.13. The number of nitrogens with one attached hydrogen (secondary N) is 1. The van der Waals surface area contributed by atoms with Gasteiger partial charge in [0.15, 0.2) is 6.29 Å². The summed E-state index contributed by atoms with van der Waals surface area (Å²) >= 11 is 0. The van der Waals surface area contributed by atoms with Crippen molar-refractivity contribution in [1.82, 2.24) is 5.32 Å². The van der Waals surface area contributed by atoms with Gasteiger partial charge in [-0.05, 0) is 70.6 Å². The van der Waals surface area contributed by atoms with E-state index in [0.29, 0.717) is 12.8 Å². The molecule has 1 fully saturated rings. The number of carbonyl (C=O) groups is 1. The van der Waals surface area contributed by atoms with Crippen molar-refractivity contribution in [1.29, 1.82) is 0 Å². The monoisotopic (exact) mass is 1000 g/mol. The van der Waals surface area contributed by atoms with Crippen LogP contribution in [0.5, 0.6) is 0 Å². The van der Waals surface area contributed by atoms with Crippen molar-refractivity contribution >= 4 is 16.3 Å². The van der Waals surface area contributed by atoms with E-state index in [0.717, 1.165) is 70.6 Å². The number of hydrogen-bond donors (Lipinski definition) is 7. The maximum Gasteiger partial charge on any atom is 0.397 e. The third-order valence-corrected chi connectivity index (χ3v) is 13.4. The van der Waals surface area contributed by atoms with Gasteiger partial charge in [0.25, 0.3) is 0 Å². The van der Waals surface area contributed by atoms with Crippen molar-refractivity contribution in [2.45, 2.75) is 281 Å². The molecule has 1 saturated heterocycles. The van der Waals surface area contributed by atoms with E-state index in [1.165, 1.54) is 134 Å². The molecule has 0 spiro atoms. The van der Waals surface area contributed by atoms with Crippen molar-refractivity contribution < 1.29 is 57.0 Å². The molecule has 8 unspecified atom stereocenters. The first-order valence-corrected chi connectivity index (χ1v) is 29.0. The number of hydrogen-bond acceptors (Lipinski definition) is 11. The Kier molecular flexibility index (Phi) is 42.1. The normalized spacial score (nSPS) is 20.5. The Morgan fingerprint density at radius 3 is 1.39 bits per heavy atom. The highest BCUT2D eigenvalue weighted by Gasteiger charge is 2.48. The predicted octanol–water partition coefficient (Wildman–Crippen LogP) is 11.4. The highest BCUT2D eigenvalue weighted by atomic mass is 32.3. The van der Waals surface area contributed by atoms with E-state index >= 15 is 0 Å². The zero-order valence-electron chi connectivity index (χ0n) is 43.2. The van der Waals surface area contributed by atoms with Crippen LogP contribution in [0.4, 0.5) is 0 Å². The van der Waals surface area contributed by atoms with Gasteiger partial charge in [-0.2, -0.15) is 8.42 Å². The van der Waals surface area contributed by atoms with Gasteiger partial charge in [-0.3, -0.25) is 9.35 Å². The second kappa shape index (κ2) is 44.7. The Morgan fingerprint density at radius 1 is 0.580 bits per heavy atom. The summed E-state index contributed by atoms with van der Waals surface area (Å²) < 4.78 is 47.7. The van der Waals surface area contributed by atoms with Crippen LogP contribution in [0.2, 0.25) is 0 Å². The standard InChI is InChI=1S/C55H101NO12S/c1-3-5-7-9-11-13-15-17-19-21-23-24-25-26-28-30-32-34-36-38-40-42-44-49(59)54(62)56-47(46-66-55-52(61)53(68-69(63,64)65)51(60)50(45-57)67-55)48(58)43-41-39-37-35-33-31-29-27-22-20-18-16-14-12-10-8-6-4-2/h22,26-28,33,35,41,43,47-53,55,57-61H,3-21,23-25,29-32,34,36-40,42,44-46H2,1-2H3,(H,56,62)(H,63,64,65)/b27-22+,28-26-,35-33+,43-41+. The van der Waals surface area contributed by atoms with E-state index in [1.807, 2.05) is 0 Å². The number of unbranched alkanes of at least 4 members (excludes halogenated alkanes) is 28. The zero-order valence-corrected chi connectivity index (χ0v) is 44.1. The Bertz CT molecular complexity index is 1420. The lowest BCUT2D eigenvalue weighted by Crippen LogP contribution is -2.61. The van der Waals surface area contributed by atoms with E-state index in [2.05, 4.69) is 59.8 Å². The van der Waals surface area contributed by atoms with Crippen LogP contribution < -0.4 is 5.32 Å². The molecule has 0 aromatic rings. The van der Waals surface area contributed by atoms with Crippen LogP contribution in [-0.4, -0.2) is 107 Å². The molecular formula is C55H101NO12S. The molecule has 0 aromatic heterocycles. The van der Waals surface area contributed by atoms with Gasteiger partial charge in [0.1, 0.15) is 30.5 Å². The molecule has 7 N–H and O–H groups in total. The van der Waals surface area contributed by atoms with Crippen molar-refractivity contribution in [3.05, 3.63) is 48.6 Å². The number of amides is 1. The number of aliphatic hydroxyl groups excluding tert-OH is 5. The maximum atomic E-state index is 13.2. The lowest BCUT2D eigenvalue weighted by molar-refractivity contribution is -0.298. The van der Waals surface area contributed by atoms with Gasteiger partial charge in [0.05, 0.1) is 25.4 Å². The second-order valence-corrected chi connectivity index (χ2v) is 20.3. The van der Waals surface area contributed by atoms with Crippen LogP contribution in [0.3, 0.4) is 0 Å². The molecule has 13 nitrogen and oxygen atoms in total. The second-order valence-electron chi connectivity index (χ2n) is 19.3. The largest absolute Gasteiger partial charge is 0.397 e. The molecule has 14 heteroatoms. The number of rotatable bonds is 47. The lowest BCUT2D eigenvalue weighted by Gasteiger charge is -2.41. The molecule has 1 rings (SSSR count). The highest BCUT2D eigenvalue weighted by Crippen LogP contribution is 2.26. The molecule has 1 amide bonds. The molecule has 69 heavy (non-hydrogen) atoms. The first-order valence-electron chi connectivity index (χ1n) is 27.6. The van der Waals surface area contributed by atoms with Gasteiger partial charge < -0.3 is 40.3 Å². The summed E-state index contributed by atoms with van der Waals surface area (Å²) in [6.45, 7) is 3.22. The van der Waals surface area contributed by atoms with Gasteiger partial charge in [-0.1, -0.05) is 210 Å². The van der Waals surface area contributed by atoms with E-state index in [1.54, 1.807) is 6.08 Å². The summed E-state index contributed by atoms with van der Waals surface area (Å²) in [6.07, 6.45) is 44.8. The van der Waals surface area contributed by atoms with Gasteiger partial charge >= 0.3 is 10.4 Å². The average molecular weight is 1000 g/mol. The molecule has 0 radical (unpaired) electrons. The highest BCUT2D eigenvalue weighted by molar-refractivity contribution is 7.80. The fraction of sp³-hybridized carbons (Fsp3) is 0.836. The Labute approximate surface area is 420 Å². The molecule has 1 heterocycles. The maximum absolute atomic E-state index is 13.2. The fourth-order valence-corrected chi connectivity index (χ4v) is 9.06.